The van der Waals surface area contributed by atoms with Gasteiger partial charge in [0.1, 0.15) is 5.75 Å². The predicted octanol–water partition coefficient (Wildman–Crippen LogP) is 3.90. The highest BCUT2D eigenvalue weighted by atomic mass is 32.1. The van der Waals surface area contributed by atoms with Crippen LogP contribution in [0, 0.1) is 5.92 Å². The predicted molar refractivity (Wildman–Crippen MR) is 148 cm³/mol. The summed E-state index contributed by atoms with van der Waals surface area (Å²) in [6.07, 6.45) is 1.85. The average Bonchev–Trinajstić information content (AvgIpc) is 3.17. The lowest BCUT2D eigenvalue weighted by Gasteiger charge is -2.25. The molecule has 1 atom stereocenters. The van der Waals surface area contributed by atoms with Crippen LogP contribution in [0.5, 0.6) is 5.75 Å². The van der Waals surface area contributed by atoms with E-state index in [-0.39, 0.29) is 12.2 Å². The van der Waals surface area contributed by atoms with Gasteiger partial charge in [-0.2, -0.15) is 0 Å². The summed E-state index contributed by atoms with van der Waals surface area (Å²) in [5.74, 6) is 0.774. The molecule has 0 saturated heterocycles. The molecule has 0 amide bonds. The molecule has 0 spiro atoms. The third-order valence-electron chi connectivity index (χ3n) is 6.00. The van der Waals surface area contributed by atoms with Crippen molar-refractivity contribution in [3.8, 4) is 5.75 Å². The first-order valence-electron chi connectivity index (χ1n) is 12.4. The first-order chi connectivity index (χ1) is 17.7. The maximum Gasteiger partial charge on any atom is 0.338 e. The summed E-state index contributed by atoms with van der Waals surface area (Å²) < 4.78 is 13.3. The quantitative estimate of drug-likeness (QED) is 0.422. The Kier molecular flexibility index (Phi) is 7.97. The number of nitrogens with zero attached hydrogens (tertiary/aromatic N) is 3. The summed E-state index contributed by atoms with van der Waals surface area (Å²) in [7, 11) is 3.93. The van der Waals surface area contributed by atoms with E-state index in [9.17, 15) is 9.59 Å². The van der Waals surface area contributed by atoms with Crippen LogP contribution >= 0.6 is 11.3 Å². The summed E-state index contributed by atoms with van der Waals surface area (Å²) in [5.41, 5.74) is 3.47. The second-order valence-corrected chi connectivity index (χ2v) is 10.6. The topological polar surface area (TPSA) is 73.1 Å². The molecule has 0 fully saturated rings. The molecule has 4 rings (SSSR count). The number of ether oxygens (including phenoxy) is 2. The van der Waals surface area contributed by atoms with Gasteiger partial charge >= 0.3 is 5.97 Å². The molecule has 194 valence electrons. The van der Waals surface area contributed by atoms with E-state index in [2.05, 4.69) is 18.8 Å². The van der Waals surface area contributed by atoms with Gasteiger partial charge in [-0.15, -0.1) is 0 Å². The van der Waals surface area contributed by atoms with Gasteiger partial charge in [-0.25, -0.2) is 9.79 Å². The van der Waals surface area contributed by atoms with E-state index < -0.39 is 12.0 Å². The molecule has 2 heterocycles. The van der Waals surface area contributed by atoms with Crippen molar-refractivity contribution >= 4 is 29.1 Å². The minimum absolute atomic E-state index is 0.195. The molecular formula is C29H33N3O4S. The van der Waals surface area contributed by atoms with Crippen molar-refractivity contribution in [2.75, 3.05) is 32.2 Å². The van der Waals surface area contributed by atoms with E-state index in [1.807, 2.05) is 73.6 Å². The molecule has 3 aromatic rings. The molecule has 1 aliphatic rings. The smallest absolute Gasteiger partial charge is 0.338 e. The molecule has 7 nitrogen and oxygen atoms in total. The molecule has 1 aliphatic heterocycles. The second-order valence-electron chi connectivity index (χ2n) is 9.56. The average molecular weight is 520 g/mol. The Balaban J connectivity index is 1.80. The number of hydrogen-bond acceptors (Lipinski definition) is 7. The molecular weight excluding hydrogens is 486 g/mol. The second kappa shape index (κ2) is 11.2. The van der Waals surface area contributed by atoms with Crippen molar-refractivity contribution < 1.29 is 14.3 Å². The lowest BCUT2D eigenvalue weighted by Crippen LogP contribution is -2.39. The van der Waals surface area contributed by atoms with Crippen LogP contribution in [0.3, 0.4) is 0 Å². The summed E-state index contributed by atoms with van der Waals surface area (Å²) in [6.45, 7) is 8.66. The number of allylic oxidation sites excluding steroid dienone is 1. The molecule has 1 aromatic heterocycles. The van der Waals surface area contributed by atoms with Crippen molar-refractivity contribution in [1.29, 1.82) is 0 Å². The fourth-order valence-electron chi connectivity index (χ4n) is 4.14. The van der Waals surface area contributed by atoms with Gasteiger partial charge < -0.3 is 14.4 Å². The molecule has 0 N–H and O–H groups in total. The summed E-state index contributed by atoms with van der Waals surface area (Å²) >= 11 is 1.31. The van der Waals surface area contributed by atoms with Gasteiger partial charge in [-0.05, 0) is 61.2 Å². The number of anilines is 1. The summed E-state index contributed by atoms with van der Waals surface area (Å²) in [6, 6.07) is 14.9. The number of aromatic nitrogens is 1. The Morgan fingerprint density at radius 2 is 1.81 bits per heavy atom. The summed E-state index contributed by atoms with van der Waals surface area (Å²) in [5, 5.41) is 0. The maximum atomic E-state index is 13.7. The van der Waals surface area contributed by atoms with E-state index in [1.165, 1.54) is 11.3 Å². The summed E-state index contributed by atoms with van der Waals surface area (Å²) in [4.78, 5) is 34.0. The van der Waals surface area contributed by atoms with Gasteiger partial charge in [0, 0.05) is 19.8 Å². The Morgan fingerprint density at radius 3 is 2.41 bits per heavy atom. The SMILES string of the molecule is CCOC(=O)C1=C(C)N=c2s/c(=C/c3ccc(OCC(C)C)cc3)c(=O)n2[C@H]1c1ccc(N(C)C)cc1. The number of esters is 1. The Hall–Kier alpha value is -3.65. The highest BCUT2D eigenvalue weighted by Crippen LogP contribution is 2.31. The third-order valence-corrected chi connectivity index (χ3v) is 6.99. The minimum atomic E-state index is -0.625. The van der Waals surface area contributed by atoms with Crippen molar-refractivity contribution in [1.82, 2.24) is 4.57 Å². The molecule has 0 unspecified atom stereocenters. The monoisotopic (exact) mass is 519 g/mol. The third kappa shape index (κ3) is 5.69. The fourth-order valence-corrected chi connectivity index (χ4v) is 5.18. The normalized spacial score (nSPS) is 15.4. The van der Waals surface area contributed by atoms with Crippen LogP contribution in [0.4, 0.5) is 5.69 Å². The van der Waals surface area contributed by atoms with Gasteiger partial charge in [0.05, 0.1) is 35.1 Å². The number of benzene rings is 2. The molecule has 0 aliphatic carbocycles. The van der Waals surface area contributed by atoms with E-state index in [0.29, 0.717) is 33.1 Å². The van der Waals surface area contributed by atoms with Crippen LogP contribution in [-0.2, 0) is 9.53 Å². The number of carbonyl (C=O) groups excluding carboxylic acids is 1. The van der Waals surface area contributed by atoms with Crippen LogP contribution < -0.4 is 24.5 Å². The zero-order chi connectivity index (χ0) is 26.7. The highest BCUT2D eigenvalue weighted by Gasteiger charge is 2.33. The van der Waals surface area contributed by atoms with E-state index >= 15 is 0 Å². The van der Waals surface area contributed by atoms with Crippen LogP contribution in [-0.4, -0.2) is 37.8 Å². The fraction of sp³-hybridized carbons (Fsp3) is 0.345. The number of thiazole rings is 1. The van der Waals surface area contributed by atoms with E-state index in [4.69, 9.17) is 9.47 Å². The standard InChI is InChI=1S/C29H33N3O4S/c1-7-35-28(34)25-19(4)30-29-32(26(25)21-10-12-22(13-11-21)31(5)6)27(33)24(37-29)16-20-8-14-23(15-9-20)36-17-18(2)3/h8-16,18,26H,7,17H2,1-6H3/b24-16+/t26-/m0/s1. The van der Waals surface area contributed by atoms with Gasteiger partial charge in [0.15, 0.2) is 4.80 Å². The van der Waals surface area contributed by atoms with Crippen LogP contribution in [0.15, 0.2) is 69.6 Å². The largest absolute Gasteiger partial charge is 0.493 e. The Morgan fingerprint density at radius 1 is 1.14 bits per heavy atom. The highest BCUT2D eigenvalue weighted by molar-refractivity contribution is 7.07. The van der Waals surface area contributed by atoms with E-state index in [0.717, 1.165) is 22.6 Å². The molecule has 0 radical (unpaired) electrons. The number of hydrogen-bond donors (Lipinski definition) is 0. The first-order valence-corrected chi connectivity index (χ1v) is 13.2. The number of fused-ring (bicyclic) bond motifs is 1. The zero-order valence-electron chi connectivity index (χ0n) is 22.1. The Bertz CT molecular complexity index is 1480. The van der Waals surface area contributed by atoms with Crippen molar-refractivity contribution in [3.05, 3.63) is 90.6 Å². The molecule has 8 heteroatoms. The number of rotatable bonds is 8. The van der Waals surface area contributed by atoms with Gasteiger partial charge in [-0.1, -0.05) is 49.4 Å². The van der Waals surface area contributed by atoms with Gasteiger partial charge in [0.2, 0.25) is 0 Å². The molecule has 37 heavy (non-hydrogen) atoms. The van der Waals surface area contributed by atoms with Crippen LogP contribution in [0.2, 0.25) is 0 Å². The Labute approximate surface area is 221 Å². The first kappa shape index (κ1) is 26.4. The van der Waals surface area contributed by atoms with Gasteiger partial charge in [-0.3, -0.25) is 9.36 Å². The lowest BCUT2D eigenvalue weighted by molar-refractivity contribution is -0.139. The van der Waals surface area contributed by atoms with E-state index in [1.54, 1.807) is 18.4 Å². The van der Waals surface area contributed by atoms with Crippen molar-refractivity contribution in [2.24, 2.45) is 10.9 Å². The zero-order valence-corrected chi connectivity index (χ0v) is 23.0. The molecule has 0 bridgehead atoms. The lowest BCUT2D eigenvalue weighted by atomic mass is 9.95. The van der Waals surface area contributed by atoms with Gasteiger partial charge in [0.25, 0.3) is 5.56 Å². The molecule has 2 aromatic carbocycles. The number of carbonyl (C=O) groups is 1. The van der Waals surface area contributed by atoms with Crippen molar-refractivity contribution in [2.45, 2.75) is 33.7 Å². The van der Waals surface area contributed by atoms with Crippen LogP contribution in [0.1, 0.15) is 44.9 Å². The minimum Gasteiger partial charge on any atom is -0.493 e. The molecule has 0 saturated carbocycles. The van der Waals surface area contributed by atoms with Crippen molar-refractivity contribution in [3.63, 3.8) is 0 Å². The van der Waals surface area contributed by atoms with Crippen LogP contribution in [0.25, 0.3) is 6.08 Å². The maximum absolute atomic E-state index is 13.7.